The van der Waals surface area contributed by atoms with Crippen molar-refractivity contribution in [3.8, 4) is 17.1 Å². The fourth-order valence-corrected chi connectivity index (χ4v) is 2.36. The lowest BCUT2D eigenvalue weighted by molar-refractivity contribution is 0.414. The van der Waals surface area contributed by atoms with Gasteiger partial charge in [0.05, 0.1) is 13.3 Å². The Labute approximate surface area is 139 Å². The van der Waals surface area contributed by atoms with Crippen molar-refractivity contribution in [3.05, 3.63) is 64.4 Å². The zero-order chi connectivity index (χ0) is 16.2. The lowest BCUT2D eigenvalue weighted by Gasteiger charge is -2.04. The van der Waals surface area contributed by atoms with Gasteiger partial charge in [0.2, 0.25) is 4.77 Å². The van der Waals surface area contributed by atoms with Crippen LogP contribution in [0.25, 0.3) is 11.4 Å². The number of methoxy groups -OCH3 is 1. The lowest BCUT2D eigenvalue weighted by atomic mass is 10.1. The van der Waals surface area contributed by atoms with E-state index in [1.807, 2.05) is 55.5 Å². The van der Waals surface area contributed by atoms with E-state index in [1.165, 1.54) is 5.56 Å². The molecule has 0 spiro atoms. The number of benzene rings is 2. The predicted molar refractivity (Wildman–Crippen MR) is 93.6 cm³/mol. The van der Waals surface area contributed by atoms with Gasteiger partial charge in [-0.3, -0.25) is 0 Å². The number of nitrogens with one attached hydrogen (secondary N) is 1. The van der Waals surface area contributed by atoms with Gasteiger partial charge in [0.15, 0.2) is 5.82 Å². The third-order valence-electron chi connectivity index (χ3n) is 3.41. The molecule has 116 valence electrons. The molecule has 0 atom stereocenters. The van der Waals surface area contributed by atoms with Gasteiger partial charge in [0, 0.05) is 11.1 Å². The molecule has 23 heavy (non-hydrogen) atoms. The largest absolute Gasteiger partial charge is 0.496 e. The summed E-state index contributed by atoms with van der Waals surface area (Å²) in [4.78, 5) is 0. The second kappa shape index (κ2) is 6.58. The summed E-state index contributed by atoms with van der Waals surface area (Å²) < 4.78 is 7.36. The number of nitrogens with zero attached hydrogens (tertiary/aromatic N) is 3. The van der Waals surface area contributed by atoms with Crippen molar-refractivity contribution in [2.24, 2.45) is 5.10 Å². The maximum absolute atomic E-state index is 5.32. The topological polar surface area (TPSA) is 55.2 Å². The minimum atomic E-state index is 0.437. The highest BCUT2D eigenvalue weighted by Gasteiger charge is 2.08. The highest BCUT2D eigenvalue weighted by molar-refractivity contribution is 7.71. The molecule has 1 heterocycles. The smallest absolute Gasteiger partial charge is 0.216 e. The van der Waals surface area contributed by atoms with Gasteiger partial charge in [0.1, 0.15) is 5.75 Å². The summed E-state index contributed by atoms with van der Waals surface area (Å²) in [5, 5.41) is 11.5. The molecule has 0 aliphatic rings. The highest BCUT2D eigenvalue weighted by Crippen LogP contribution is 2.19. The summed E-state index contributed by atoms with van der Waals surface area (Å²) in [6.45, 7) is 2.04. The van der Waals surface area contributed by atoms with Gasteiger partial charge >= 0.3 is 0 Å². The first kappa shape index (κ1) is 15.2. The molecule has 3 rings (SSSR count). The van der Waals surface area contributed by atoms with Crippen LogP contribution in [-0.2, 0) is 0 Å². The van der Waals surface area contributed by atoms with Crippen LogP contribution in [0.2, 0.25) is 0 Å². The van der Waals surface area contributed by atoms with E-state index in [9.17, 15) is 0 Å². The first-order valence-electron chi connectivity index (χ1n) is 7.11. The number of aromatic nitrogens is 3. The Morgan fingerprint density at radius 2 is 1.91 bits per heavy atom. The molecule has 6 heteroatoms. The van der Waals surface area contributed by atoms with E-state index in [-0.39, 0.29) is 0 Å². The molecule has 0 radical (unpaired) electrons. The van der Waals surface area contributed by atoms with Crippen LogP contribution in [0.3, 0.4) is 0 Å². The van der Waals surface area contributed by atoms with E-state index < -0.39 is 0 Å². The Bertz CT molecular complexity index is 893. The van der Waals surface area contributed by atoms with E-state index in [0.29, 0.717) is 10.6 Å². The average molecular weight is 324 g/mol. The summed E-state index contributed by atoms with van der Waals surface area (Å²) in [6.07, 6.45) is 1.71. The summed E-state index contributed by atoms with van der Waals surface area (Å²) >= 11 is 5.28. The number of rotatable bonds is 4. The molecule has 0 unspecified atom stereocenters. The van der Waals surface area contributed by atoms with Gasteiger partial charge < -0.3 is 4.74 Å². The van der Waals surface area contributed by atoms with Crippen molar-refractivity contribution in [2.75, 3.05) is 7.11 Å². The number of hydrogen-bond acceptors (Lipinski definition) is 4. The fourth-order valence-electron chi connectivity index (χ4n) is 2.18. The molecule has 1 aromatic heterocycles. The van der Waals surface area contributed by atoms with Gasteiger partial charge in [-0.15, -0.1) is 0 Å². The number of aromatic amines is 1. The number of hydrogen-bond donors (Lipinski definition) is 1. The maximum Gasteiger partial charge on any atom is 0.216 e. The van der Waals surface area contributed by atoms with Crippen molar-refractivity contribution in [1.82, 2.24) is 14.9 Å². The van der Waals surface area contributed by atoms with Crippen LogP contribution in [0.4, 0.5) is 0 Å². The minimum absolute atomic E-state index is 0.437. The molecular formula is C17H16N4OS. The maximum atomic E-state index is 5.32. The summed E-state index contributed by atoms with van der Waals surface area (Å²) in [7, 11) is 1.63. The molecule has 2 aromatic carbocycles. The van der Waals surface area contributed by atoms with E-state index in [1.54, 1.807) is 18.0 Å². The average Bonchev–Trinajstić information content (AvgIpc) is 2.94. The number of ether oxygens (including phenoxy) is 1. The lowest BCUT2D eigenvalue weighted by Crippen LogP contribution is -1.96. The molecule has 1 N–H and O–H groups in total. The Kier molecular flexibility index (Phi) is 4.34. The molecule has 0 aliphatic heterocycles. The summed E-state index contributed by atoms with van der Waals surface area (Å²) in [5.74, 6) is 1.42. The number of para-hydroxylation sites is 1. The van der Waals surface area contributed by atoms with Crippen LogP contribution < -0.4 is 4.74 Å². The molecule has 0 fully saturated rings. The van der Waals surface area contributed by atoms with Gasteiger partial charge in [0.25, 0.3) is 0 Å². The van der Waals surface area contributed by atoms with Crippen LogP contribution in [0.15, 0.2) is 53.6 Å². The minimum Gasteiger partial charge on any atom is -0.496 e. The van der Waals surface area contributed by atoms with E-state index >= 15 is 0 Å². The first-order chi connectivity index (χ1) is 11.2. The van der Waals surface area contributed by atoms with Gasteiger partial charge in [-0.2, -0.15) is 14.9 Å². The van der Waals surface area contributed by atoms with Crippen LogP contribution >= 0.6 is 12.2 Å². The van der Waals surface area contributed by atoms with E-state index in [2.05, 4.69) is 15.3 Å². The first-order valence-corrected chi connectivity index (χ1v) is 7.51. The highest BCUT2D eigenvalue weighted by atomic mass is 32.1. The molecule has 0 saturated heterocycles. The number of H-pyrrole nitrogens is 1. The molecule has 0 bridgehead atoms. The number of aryl methyl sites for hydroxylation is 1. The second-order valence-corrected chi connectivity index (χ2v) is 5.40. The molecule has 3 aromatic rings. The van der Waals surface area contributed by atoms with Crippen molar-refractivity contribution >= 4 is 18.4 Å². The van der Waals surface area contributed by atoms with Crippen LogP contribution in [0, 0.1) is 11.7 Å². The second-order valence-electron chi connectivity index (χ2n) is 5.02. The zero-order valence-corrected chi connectivity index (χ0v) is 13.7. The van der Waals surface area contributed by atoms with Gasteiger partial charge in [-0.05, 0) is 31.3 Å². The normalized spacial score (nSPS) is 11.0. The van der Waals surface area contributed by atoms with E-state index in [4.69, 9.17) is 17.0 Å². The van der Waals surface area contributed by atoms with Gasteiger partial charge in [-0.25, -0.2) is 5.10 Å². The quantitative estimate of drug-likeness (QED) is 0.586. The van der Waals surface area contributed by atoms with E-state index in [0.717, 1.165) is 16.9 Å². The molecule has 0 aliphatic carbocycles. The monoisotopic (exact) mass is 324 g/mol. The molecule has 5 nitrogen and oxygen atoms in total. The van der Waals surface area contributed by atoms with Crippen molar-refractivity contribution in [3.63, 3.8) is 0 Å². The SMILES string of the molecule is COc1ccccc1C=Nn1c(-c2ccc(C)cc2)n[nH]c1=S. The molecular weight excluding hydrogens is 308 g/mol. The Hall–Kier alpha value is -2.73. The van der Waals surface area contributed by atoms with Crippen molar-refractivity contribution in [2.45, 2.75) is 6.92 Å². The van der Waals surface area contributed by atoms with Crippen LogP contribution in [-0.4, -0.2) is 28.2 Å². The molecule has 0 amide bonds. The zero-order valence-electron chi connectivity index (χ0n) is 12.9. The van der Waals surface area contributed by atoms with Crippen LogP contribution in [0.5, 0.6) is 5.75 Å². The standard InChI is InChI=1S/C17H16N4OS/c1-12-7-9-13(10-8-12)16-19-20-17(23)21(16)18-11-14-5-3-4-6-15(14)22-2/h3-11H,1-2H3,(H,20,23). The van der Waals surface area contributed by atoms with Crippen molar-refractivity contribution < 1.29 is 4.74 Å². The van der Waals surface area contributed by atoms with Crippen molar-refractivity contribution in [1.29, 1.82) is 0 Å². The third kappa shape index (κ3) is 3.22. The van der Waals surface area contributed by atoms with Crippen LogP contribution in [0.1, 0.15) is 11.1 Å². The third-order valence-corrected chi connectivity index (χ3v) is 3.68. The summed E-state index contributed by atoms with van der Waals surface area (Å²) in [6, 6.07) is 15.7. The Morgan fingerprint density at radius 3 is 2.65 bits per heavy atom. The Morgan fingerprint density at radius 1 is 1.17 bits per heavy atom. The Balaban J connectivity index is 2.01. The predicted octanol–water partition coefficient (Wildman–Crippen LogP) is 3.81. The fraction of sp³-hybridized carbons (Fsp3) is 0.118. The summed E-state index contributed by atoms with van der Waals surface area (Å²) in [5.41, 5.74) is 3.00. The van der Waals surface area contributed by atoms with Gasteiger partial charge in [-0.1, -0.05) is 42.0 Å². The molecule has 0 saturated carbocycles.